The van der Waals surface area contributed by atoms with Crippen molar-refractivity contribution in [1.82, 2.24) is 4.90 Å². The number of pyridine rings is 1. The largest absolute Gasteiger partial charge is 0.619 e. The van der Waals surface area contributed by atoms with Crippen LogP contribution in [0.5, 0.6) is 11.5 Å². The summed E-state index contributed by atoms with van der Waals surface area (Å²) in [5, 5.41) is 12.2. The van der Waals surface area contributed by atoms with Crippen molar-refractivity contribution in [3.63, 3.8) is 0 Å². The molecular formula is C43H40Cl2FN3O7. The van der Waals surface area contributed by atoms with Gasteiger partial charge in [0.05, 0.1) is 32.0 Å². The fourth-order valence-corrected chi connectivity index (χ4v) is 7.97. The van der Waals surface area contributed by atoms with Gasteiger partial charge >= 0.3 is 12.1 Å². The summed E-state index contributed by atoms with van der Waals surface area (Å²) < 4.78 is 38.6. The highest BCUT2D eigenvalue weighted by Gasteiger charge is 2.38. The van der Waals surface area contributed by atoms with Crippen LogP contribution in [0.15, 0.2) is 103 Å². The van der Waals surface area contributed by atoms with Gasteiger partial charge in [-0.15, -0.1) is 0 Å². The summed E-state index contributed by atoms with van der Waals surface area (Å²) in [7, 11) is 3.03. The summed E-state index contributed by atoms with van der Waals surface area (Å²) in [5.74, 6) is 0.113. The topological polar surface area (TPSA) is 104 Å². The highest BCUT2D eigenvalue weighted by molar-refractivity contribution is 6.35. The van der Waals surface area contributed by atoms with E-state index in [-0.39, 0.29) is 34.8 Å². The number of carbonyl (C=O) groups is 2. The van der Waals surface area contributed by atoms with Crippen LogP contribution in [0.25, 0.3) is 11.1 Å². The fraction of sp³-hybridized carbons (Fsp3) is 0.279. The Bertz CT molecular complexity index is 2190. The van der Waals surface area contributed by atoms with E-state index in [1.807, 2.05) is 24.3 Å². The highest BCUT2D eigenvalue weighted by atomic mass is 35.5. The lowest BCUT2D eigenvalue weighted by Crippen LogP contribution is -2.53. The van der Waals surface area contributed by atoms with Gasteiger partial charge in [0.15, 0.2) is 23.9 Å². The first-order valence-corrected chi connectivity index (χ1v) is 19.0. The van der Waals surface area contributed by atoms with Crippen molar-refractivity contribution in [2.75, 3.05) is 38.8 Å². The predicted molar refractivity (Wildman–Crippen MR) is 211 cm³/mol. The molecule has 3 aliphatic rings. The normalized spacial score (nSPS) is 17.8. The molecule has 13 heteroatoms. The number of carbonyl (C=O) groups excluding carboxylic acids is 2. The molecule has 3 aliphatic heterocycles. The number of halogens is 3. The number of para-hydroxylation sites is 1. The summed E-state index contributed by atoms with van der Waals surface area (Å²) in [6.45, 7) is 2.79. The van der Waals surface area contributed by atoms with Crippen LogP contribution in [-0.4, -0.2) is 56.9 Å². The van der Waals surface area contributed by atoms with Gasteiger partial charge < -0.3 is 24.2 Å². The minimum atomic E-state index is -0.869. The number of esters is 1. The number of aromatic nitrogens is 1. The Labute approximate surface area is 334 Å². The van der Waals surface area contributed by atoms with E-state index in [0.717, 1.165) is 42.6 Å². The lowest BCUT2D eigenvalue weighted by Gasteiger charge is -2.44. The number of benzene rings is 4. The Balaban J connectivity index is 1.10. The summed E-state index contributed by atoms with van der Waals surface area (Å²) >= 11 is 12.8. The lowest BCUT2D eigenvalue weighted by molar-refractivity contribution is -0.605. The van der Waals surface area contributed by atoms with Crippen LogP contribution < -0.4 is 19.1 Å². The quantitative estimate of drug-likeness (QED) is 0.0701. The minimum absolute atomic E-state index is 0.0712. The number of piperidine rings is 3. The molecule has 10 nitrogen and oxygen atoms in total. The van der Waals surface area contributed by atoms with E-state index in [9.17, 15) is 14.8 Å². The molecule has 3 fully saturated rings. The molecule has 1 amide bonds. The molecule has 2 atom stereocenters. The average Bonchev–Trinajstić information content (AvgIpc) is 3.21. The van der Waals surface area contributed by atoms with Crippen molar-refractivity contribution >= 4 is 41.0 Å². The smallest absolute Gasteiger partial charge is 0.415 e. The number of fused-ring (bicyclic) bond motifs is 3. The first-order chi connectivity index (χ1) is 27.1. The first kappa shape index (κ1) is 38.9. The number of rotatable bonds is 12. The second-order valence-electron chi connectivity index (χ2n) is 13.9. The van der Waals surface area contributed by atoms with Crippen LogP contribution in [0.4, 0.5) is 14.9 Å². The number of anilines is 1. The van der Waals surface area contributed by atoms with Crippen molar-refractivity contribution in [3.05, 3.63) is 147 Å². The number of ether oxygens (including phenoxy) is 4. The molecule has 0 aliphatic carbocycles. The molecule has 56 heavy (non-hydrogen) atoms. The van der Waals surface area contributed by atoms with Gasteiger partial charge in [-0.1, -0.05) is 71.7 Å². The molecule has 1 aromatic heterocycles. The van der Waals surface area contributed by atoms with Gasteiger partial charge in [-0.25, -0.2) is 14.0 Å². The van der Waals surface area contributed by atoms with Crippen LogP contribution in [0.3, 0.4) is 0 Å². The van der Waals surface area contributed by atoms with Crippen LogP contribution in [0.1, 0.15) is 46.0 Å². The van der Waals surface area contributed by atoms with E-state index in [1.54, 1.807) is 60.7 Å². The van der Waals surface area contributed by atoms with Crippen molar-refractivity contribution in [2.24, 2.45) is 5.92 Å². The molecule has 0 radical (unpaired) electrons. The van der Waals surface area contributed by atoms with Gasteiger partial charge in [0.25, 0.3) is 0 Å². The maximum absolute atomic E-state index is 15.1. The van der Waals surface area contributed by atoms with Gasteiger partial charge in [0.2, 0.25) is 0 Å². The minimum Gasteiger partial charge on any atom is -0.619 e. The molecule has 1 unspecified atom stereocenters. The average molecular weight is 801 g/mol. The van der Waals surface area contributed by atoms with E-state index < -0.39 is 24.0 Å². The van der Waals surface area contributed by atoms with E-state index in [0.29, 0.717) is 45.4 Å². The zero-order valence-corrected chi connectivity index (χ0v) is 32.3. The molecule has 5 aromatic rings. The number of nitrogens with zero attached hydrogens (tertiary/aromatic N) is 3. The first-order valence-electron chi connectivity index (χ1n) is 18.2. The maximum atomic E-state index is 15.1. The molecule has 0 spiro atoms. The molecule has 8 rings (SSSR count). The molecule has 290 valence electrons. The van der Waals surface area contributed by atoms with Crippen LogP contribution in [0.2, 0.25) is 10.0 Å². The van der Waals surface area contributed by atoms with Gasteiger partial charge in [0, 0.05) is 18.5 Å². The third kappa shape index (κ3) is 8.70. The predicted octanol–water partition coefficient (Wildman–Crippen LogP) is 8.83. The highest BCUT2D eigenvalue weighted by Crippen LogP contribution is 2.36. The standard InChI is InChI=1S/C43H40Cl2FN3O7/c1-53-38-15-14-32(21-40(38)54-2)39(22-33-34(44)24-48(52)25-35(33)45)55-42(50)30-12-10-28(11-13-30)31-7-5-6-27(20-31)23-49(37-9-4-3-8-36(37)46)43(51)56-41-26-47-18-16-29(41)17-19-47/h3-15,20-21,24-25,29,39,41H,16-19,22-23,26H2,1-2H3/t39?,41-/m0/s1. The zero-order valence-electron chi connectivity index (χ0n) is 30.8. The Morgan fingerprint density at radius 2 is 1.61 bits per heavy atom. The molecule has 0 saturated carbocycles. The van der Waals surface area contributed by atoms with Crippen molar-refractivity contribution in [1.29, 1.82) is 0 Å². The van der Waals surface area contributed by atoms with Crippen molar-refractivity contribution in [3.8, 4) is 22.6 Å². The fourth-order valence-electron chi connectivity index (χ4n) is 7.38. The van der Waals surface area contributed by atoms with Crippen LogP contribution in [-0.2, 0) is 22.4 Å². The Kier molecular flexibility index (Phi) is 11.9. The molecule has 4 aromatic carbocycles. The summed E-state index contributed by atoms with van der Waals surface area (Å²) in [6.07, 6.45) is 2.72. The number of hydrogen-bond donors (Lipinski definition) is 0. The summed E-state index contributed by atoms with van der Waals surface area (Å²) in [6, 6.07) is 25.9. The molecule has 3 saturated heterocycles. The second-order valence-corrected chi connectivity index (χ2v) is 14.7. The van der Waals surface area contributed by atoms with Gasteiger partial charge in [-0.2, -0.15) is 4.73 Å². The maximum Gasteiger partial charge on any atom is 0.415 e. The lowest BCUT2D eigenvalue weighted by atomic mass is 9.86. The van der Waals surface area contributed by atoms with Crippen LogP contribution in [0, 0.1) is 16.9 Å². The third-order valence-electron chi connectivity index (χ3n) is 10.4. The summed E-state index contributed by atoms with van der Waals surface area (Å²) in [5.41, 5.74) is 3.86. The van der Waals surface area contributed by atoms with Gasteiger partial charge in [0.1, 0.15) is 28.1 Å². The zero-order chi connectivity index (χ0) is 39.3. The molecular weight excluding hydrogens is 760 g/mol. The molecule has 2 bridgehead atoms. The van der Waals surface area contributed by atoms with E-state index in [2.05, 4.69) is 4.90 Å². The number of hydrogen-bond acceptors (Lipinski definition) is 8. The Hall–Kier alpha value is -5.36. The monoisotopic (exact) mass is 799 g/mol. The van der Waals surface area contributed by atoms with E-state index >= 15 is 4.39 Å². The second kappa shape index (κ2) is 17.2. The van der Waals surface area contributed by atoms with Crippen LogP contribution >= 0.6 is 23.2 Å². The number of amides is 1. The van der Waals surface area contributed by atoms with E-state index in [4.69, 9.17) is 42.1 Å². The molecule has 0 N–H and O–H groups in total. The molecule has 4 heterocycles. The summed E-state index contributed by atoms with van der Waals surface area (Å²) in [4.78, 5) is 31.0. The number of methoxy groups -OCH3 is 2. The Morgan fingerprint density at radius 3 is 2.27 bits per heavy atom. The van der Waals surface area contributed by atoms with Gasteiger partial charge in [-0.05, 0) is 96.6 Å². The Morgan fingerprint density at radius 1 is 0.893 bits per heavy atom. The van der Waals surface area contributed by atoms with Crippen molar-refractivity contribution in [2.45, 2.75) is 38.0 Å². The van der Waals surface area contributed by atoms with E-state index in [1.165, 1.54) is 37.6 Å². The SMILES string of the molecule is COc1ccc(C(Cc2c(Cl)c[n+]([O-])cc2Cl)OC(=O)c2ccc(-c3cccc(CN(C(=O)O[C@H]4CN5CCC4CC5)c4ccccc4F)c3)cc2)cc1OC. The van der Waals surface area contributed by atoms with Crippen molar-refractivity contribution < 1.29 is 37.7 Å². The van der Waals surface area contributed by atoms with Gasteiger partial charge in [-0.3, -0.25) is 9.80 Å². The third-order valence-corrected chi connectivity index (χ3v) is 11.1.